The molecule has 6 nitrogen and oxygen atoms in total. The maximum absolute atomic E-state index is 10.9. The summed E-state index contributed by atoms with van der Waals surface area (Å²) in [7, 11) is 1.70. The third-order valence-corrected chi connectivity index (χ3v) is 3.66. The number of hydrogen-bond donors (Lipinski definition) is 1. The number of pyridine rings is 1. The first-order valence-corrected chi connectivity index (χ1v) is 6.85. The van der Waals surface area contributed by atoms with Crippen molar-refractivity contribution in [1.29, 1.82) is 0 Å². The number of carbonyl (C=O) groups excluding carboxylic acids is 1. The number of piperazine rings is 1. The Morgan fingerprint density at radius 1 is 1.45 bits per heavy atom. The van der Waals surface area contributed by atoms with E-state index in [2.05, 4.69) is 14.8 Å². The van der Waals surface area contributed by atoms with Crippen LogP contribution >= 0.6 is 0 Å². The average molecular weight is 278 g/mol. The highest BCUT2D eigenvalue weighted by Gasteiger charge is 2.22. The summed E-state index contributed by atoms with van der Waals surface area (Å²) in [5.41, 5.74) is 6.32. The minimum Gasteiger partial charge on any atom is -0.377 e. The second-order valence-electron chi connectivity index (χ2n) is 5.02. The molecule has 110 valence electrons. The molecule has 6 heteroatoms. The average Bonchev–Trinajstić information content (AvgIpc) is 2.46. The van der Waals surface area contributed by atoms with E-state index < -0.39 is 0 Å². The fourth-order valence-corrected chi connectivity index (χ4v) is 2.46. The lowest BCUT2D eigenvalue weighted by molar-refractivity contribution is -0.119. The second-order valence-corrected chi connectivity index (χ2v) is 5.02. The predicted octanol–water partition coefficient (Wildman–Crippen LogP) is 0.396. The van der Waals surface area contributed by atoms with Crippen molar-refractivity contribution in [2.45, 2.75) is 13.0 Å². The van der Waals surface area contributed by atoms with Gasteiger partial charge in [-0.05, 0) is 13.0 Å². The third-order valence-electron chi connectivity index (χ3n) is 3.66. The smallest absolute Gasteiger partial charge is 0.231 e. The van der Waals surface area contributed by atoms with Gasteiger partial charge in [-0.25, -0.2) is 4.98 Å². The van der Waals surface area contributed by atoms with E-state index in [1.165, 1.54) is 0 Å². The van der Waals surface area contributed by atoms with Gasteiger partial charge in [0.05, 0.1) is 12.6 Å². The lowest BCUT2D eigenvalue weighted by Gasteiger charge is -2.36. The van der Waals surface area contributed by atoms with Gasteiger partial charge in [-0.15, -0.1) is 0 Å². The first-order chi connectivity index (χ1) is 9.61. The van der Waals surface area contributed by atoms with E-state index in [0.717, 1.165) is 37.6 Å². The molecule has 0 aromatic carbocycles. The number of hydrogen-bond acceptors (Lipinski definition) is 5. The summed E-state index contributed by atoms with van der Waals surface area (Å²) in [6.45, 7) is 5.67. The summed E-state index contributed by atoms with van der Waals surface area (Å²) in [5.74, 6) is 0.700. The van der Waals surface area contributed by atoms with Crippen molar-refractivity contribution in [2.24, 2.45) is 5.73 Å². The number of nitrogens with zero attached hydrogens (tertiary/aromatic N) is 3. The van der Waals surface area contributed by atoms with Crippen LogP contribution < -0.4 is 10.6 Å². The van der Waals surface area contributed by atoms with Crippen molar-refractivity contribution in [3.05, 3.63) is 23.9 Å². The minimum atomic E-state index is -0.273. The zero-order valence-electron chi connectivity index (χ0n) is 12.1. The molecular formula is C14H22N4O2. The Balaban J connectivity index is 2.05. The number of ether oxygens (including phenoxy) is 1. The third kappa shape index (κ3) is 3.46. The van der Waals surface area contributed by atoms with E-state index in [0.29, 0.717) is 6.54 Å². The quantitative estimate of drug-likeness (QED) is 0.844. The van der Waals surface area contributed by atoms with Crippen molar-refractivity contribution in [1.82, 2.24) is 9.88 Å². The van der Waals surface area contributed by atoms with Crippen LogP contribution in [0.4, 0.5) is 5.82 Å². The van der Waals surface area contributed by atoms with E-state index in [4.69, 9.17) is 10.5 Å². The number of aromatic nitrogens is 1. The standard InChI is InChI=1S/C14H22N4O2/c1-11(20-2)12-4-3-5-16-14(12)18-8-6-17(7-9-18)10-13(15)19/h3-5,11H,6-10H2,1-2H3,(H2,15,19). The fourth-order valence-electron chi connectivity index (χ4n) is 2.46. The van der Waals surface area contributed by atoms with Crippen molar-refractivity contribution >= 4 is 11.7 Å². The lowest BCUT2D eigenvalue weighted by atomic mass is 10.1. The number of anilines is 1. The predicted molar refractivity (Wildman–Crippen MR) is 77.5 cm³/mol. The summed E-state index contributed by atoms with van der Waals surface area (Å²) < 4.78 is 5.40. The van der Waals surface area contributed by atoms with Gasteiger partial charge in [0.2, 0.25) is 5.91 Å². The van der Waals surface area contributed by atoms with Crippen LogP contribution in [-0.2, 0) is 9.53 Å². The first-order valence-electron chi connectivity index (χ1n) is 6.85. The summed E-state index contributed by atoms with van der Waals surface area (Å²) in [6.07, 6.45) is 1.82. The maximum Gasteiger partial charge on any atom is 0.231 e. The molecule has 2 heterocycles. The van der Waals surface area contributed by atoms with E-state index in [1.54, 1.807) is 13.3 Å². The van der Waals surface area contributed by atoms with Crippen LogP contribution in [0.15, 0.2) is 18.3 Å². The van der Waals surface area contributed by atoms with Gasteiger partial charge in [0.1, 0.15) is 5.82 Å². The molecule has 0 bridgehead atoms. The van der Waals surface area contributed by atoms with Crippen LogP contribution in [0.25, 0.3) is 0 Å². The molecule has 1 saturated heterocycles. The Hall–Kier alpha value is -1.66. The zero-order chi connectivity index (χ0) is 14.5. The van der Waals surface area contributed by atoms with Crippen LogP contribution in [0.5, 0.6) is 0 Å². The van der Waals surface area contributed by atoms with Crippen LogP contribution in [-0.4, -0.2) is 55.6 Å². The molecule has 1 aliphatic heterocycles. The van der Waals surface area contributed by atoms with Gasteiger partial charge in [-0.1, -0.05) is 6.07 Å². The Morgan fingerprint density at radius 3 is 2.75 bits per heavy atom. The fraction of sp³-hybridized carbons (Fsp3) is 0.571. The molecule has 0 saturated carbocycles. The first kappa shape index (κ1) is 14.7. The minimum absolute atomic E-state index is 0.0161. The summed E-state index contributed by atoms with van der Waals surface area (Å²) in [4.78, 5) is 19.7. The van der Waals surface area contributed by atoms with Gasteiger partial charge in [0.15, 0.2) is 0 Å². The molecule has 1 amide bonds. The van der Waals surface area contributed by atoms with E-state index in [9.17, 15) is 4.79 Å². The van der Waals surface area contributed by atoms with E-state index >= 15 is 0 Å². The maximum atomic E-state index is 10.9. The second kappa shape index (κ2) is 6.67. The normalized spacial score (nSPS) is 18.0. The summed E-state index contributed by atoms with van der Waals surface area (Å²) >= 11 is 0. The SMILES string of the molecule is COC(C)c1cccnc1N1CCN(CC(N)=O)CC1. The number of carbonyl (C=O) groups is 1. The Labute approximate surface area is 119 Å². The molecular weight excluding hydrogens is 256 g/mol. The van der Waals surface area contributed by atoms with Crippen molar-refractivity contribution < 1.29 is 9.53 Å². The van der Waals surface area contributed by atoms with Crippen LogP contribution in [0.3, 0.4) is 0 Å². The summed E-state index contributed by atoms with van der Waals surface area (Å²) in [5, 5.41) is 0. The van der Waals surface area contributed by atoms with Crippen LogP contribution in [0, 0.1) is 0 Å². The molecule has 0 aliphatic carbocycles. The number of amides is 1. The van der Waals surface area contributed by atoms with Crippen LogP contribution in [0.1, 0.15) is 18.6 Å². The largest absolute Gasteiger partial charge is 0.377 e. The Bertz CT molecular complexity index is 458. The van der Waals surface area contributed by atoms with E-state index in [1.807, 2.05) is 19.1 Å². The highest BCUT2D eigenvalue weighted by atomic mass is 16.5. The number of nitrogens with two attached hydrogens (primary N) is 1. The topological polar surface area (TPSA) is 71.7 Å². The number of primary amides is 1. The van der Waals surface area contributed by atoms with Crippen LogP contribution in [0.2, 0.25) is 0 Å². The molecule has 20 heavy (non-hydrogen) atoms. The lowest BCUT2D eigenvalue weighted by Crippen LogP contribution is -2.49. The number of rotatable bonds is 5. The van der Waals surface area contributed by atoms with E-state index in [-0.39, 0.29) is 12.0 Å². The molecule has 2 N–H and O–H groups in total. The van der Waals surface area contributed by atoms with Gasteiger partial charge in [0.25, 0.3) is 0 Å². The van der Waals surface area contributed by atoms with Crippen molar-refractivity contribution in [2.75, 3.05) is 44.7 Å². The Kier molecular flexibility index (Phi) is 4.92. The molecule has 0 radical (unpaired) electrons. The van der Waals surface area contributed by atoms with Gasteiger partial charge >= 0.3 is 0 Å². The number of methoxy groups -OCH3 is 1. The molecule has 1 atom stereocenters. The van der Waals surface area contributed by atoms with Gasteiger partial charge < -0.3 is 15.4 Å². The summed E-state index contributed by atoms with van der Waals surface area (Å²) in [6, 6.07) is 3.98. The molecule has 0 spiro atoms. The molecule has 1 unspecified atom stereocenters. The highest BCUT2D eigenvalue weighted by molar-refractivity contribution is 5.75. The molecule has 1 fully saturated rings. The van der Waals surface area contributed by atoms with Gasteiger partial charge in [-0.2, -0.15) is 0 Å². The molecule has 1 aromatic heterocycles. The van der Waals surface area contributed by atoms with Crippen molar-refractivity contribution in [3.8, 4) is 0 Å². The monoisotopic (exact) mass is 278 g/mol. The molecule has 2 rings (SSSR count). The zero-order valence-corrected chi connectivity index (χ0v) is 12.1. The van der Waals surface area contributed by atoms with Gasteiger partial charge in [0, 0.05) is 45.0 Å². The van der Waals surface area contributed by atoms with Crippen molar-refractivity contribution in [3.63, 3.8) is 0 Å². The molecule has 1 aliphatic rings. The highest BCUT2D eigenvalue weighted by Crippen LogP contribution is 2.26. The Morgan fingerprint density at radius 2 is 2.15 bits per heavy atom. The van der Waals surface area contributed by atoms with Gasteiger partial charge in [-0.3, -0.25) is 9.69 Å². The molecule has 1 aromatic rings.